The van der Waals surface area contributed by atoms with E-state index in [1.54, 1.807) is 0 Å². The molecule has 0 saturated heterocycles. The standard InChI is InChI=1S/C25H27N3/c1-18-12-13-20-17-24(22-11-7-9-19-8-5-6-10-21(19)22)26-25(23(20)16-18)28(4)15-14-27(2)3/h5-13,16-17H,14-15H2,1-4H3. The Balaban J connectivity index is 1.91. The van der Waals surface area contributed by atoms with Gasteiger partial charge >= 0.3 is 0 Å². The molecule has 3 nitrogen and oxygen atoms in total. The van der Waals surface area contributed by atoms with Gasteiger partial charge in [-0.05, 0) is 49.3 Å². The van der Waals surface area contributed by atoms with Gasteiger partial charge in [-0.1, -0.05) is 60.2 Å². The van der Waals surface area contributed by atoms with Crippen molar-refractivity contribution < 1.29 is 0 Å². The van der Waals surface area contributed by atoms with Gasteiger partial charge in [-0.3, -0.25) is 0 Å². The summed E-state index contributed by atoms with van der Waals surface area (Å²) in [5, 5.41) is 4.93. The van der Waals surface area contributed by atoms with Crippen molar-refractivity contribution in [3.63, 3.8) is 0 Å². The van der Waals surface area contributed by atoms with Crippen molar-refractivity contribution in [2.45, 2.75) is 6.92 Å². The number of pyridine rings is 1. The van der Waals surface area contributed by atoms with Crippen molar-refractivity contribution in [2.24, 2.45) is 0 Å². The van der Waals surface area contributed by atoms with E-state index in [-0.39, 0.29) is 0 Å². The monoisotopic (exact) mass is 369 g/mol. The van der Waals surface area contributed by atoms with Gasteiger partial charge in [0, 0.05) is 31.1 Å². The molecule has 0 atom stereocenters. The average Bonchev–Trinajstić information content (AvgIpc) is 2.70. The first-order valence-corrected chi connectivity index (χ1v) is 9.78. The molecule has 3 heteroatoms. The molecule has 0 N–H and O–H groups in total. The van der Waals surface area contributed by atoms with E-state index < -0.39 is 0 Å². The Hall–Kier alpha value is -2.91. The largest absolute Gasteiger partial charge is 0.358 e. The second kappa shape index (κ2) is 7.61. The van der Waals surface area contributed by atoms with Gasteiger partial charge in [0.05, 0.1) is 5.69 Å². The Labute approximate surface area is 167 Å². The number of nitrogens with zero attached hydrogens (tertiary/aromatic N) is 3. The number of rotatable bonds is 5. The lowest BCUT2D eigenvalue weighted by Crippen LogP contribution is -2.29. The van der Waals surface area contributed by atoms with Crippen LogP contribution < -0.4 is 4.90 Å². The minimum Gasteiger partial charge on any atom is -0.358 e. The highest BCUT2D eigenvalue weighted by Crippen LogP contribution is 2.33. The predicted octanol–water partition coefficient (Wildman–Crippen LogP) is 5.36. The molecule has 1 aromatic heterocycles. The van der Waals surface area contributed by atoms with Crippen LogP contribution in [0.5, 0.6) is 0 Å². The SMILES string of the molecule is Cc1ccc2cc(-c3cccc4ccccc34)nc(N(C)CCN(C)C)c2c1. The van der Waals surface area contributed by atoms with Crippen molar-refractivity contribution in [1.82, 2.24) is 9.88 Å². The highest BCUT2D eigenvalue weighted by Gasteiger charge is 2.13. The number of likely N-dealkylation sites (N-methyl/N-ethyl adjacent to an activating group) is 2. The van der Waals surface area contributed by atoms with Crippen LogP contribution in [0.3, 0.4) is 0 Å². The molecule has 0 saturated carbocycles. The van der Waals surface area contributed by atoms with E-state index in [4.69, 9.17) is 4.98 Å². The number of anilines is 1. The van der Waals surface area contributed by atoms with Gasteiger partial charge in [0.15, 0.2) is 0 Å². The predicted molar refractivity (Wildman–Crippen MR) is 121 cm³/mol. The lowest BCUT2D eigenvalue weighted by Gasteiger charge is -2.23. The molecule has 0 aliphatic heterocycles. The van der Waals surface area contributed by atoms with Gasteiger partial charge in [-0.15, -0.1) is 0 Å². The maximum absolute atomic E-state index is 5.15. The number of fused-ring (bicyclic) bond motifs is 2. The minimum absolute atomic E-state index is 0.933. The van der Waals surface area contributed by atoms with Crippen LogP contribution in [-0.2, 0) is 0 Å². The van der Waals surface area contributed by atoms with E-state index in [9.17, 15) is 0 Å². The van der Waals surface area contributed by atoms with Crippen LogP contribution in [0.1, 0.15) is 5.56 Å². The second-order valence-corrected chi connectivity index (χ2v) is 7.81. The zero-order valence-corrected chi connectivity index (χ0v) is 17.1. The number of hydrogen-bond donors (Lipinski definition) is 0. The molecule has 0 fully saturated rings. The molecule has 0 aliphatic rings. The molecular weight excluding hydrogens is 342 g/mol. The van der Waals surface area contributed by atoms with Crippen LogP contribution in [0.25, 0.3) is 32.8 Å². The van der Waals surface area contributed by atoms with E-state index in [2.05, 4.69) is 105 Å². The fourth-order valence-corrected chi connectivity index (χ4v) is 3.68. The summed E-state index contributed by atoms with van der Waals surface area (Å²) in [6.07, 6.45) is 0. The second-order valence-electron chi connectivity index (χ2n) is 7.81. The first-order valence-electron chi connectivity index (χ1n) is 9.78. The first-order chi connectivity index (χ1) is 13.5. The summed E-state index contributed by atoms with van der Waals surface area (Å²) >= 11 is 0. The Bertz CT molecular complexity index is 1130. The maximum Gasteiger partial charge on any atom is 0.136 e. The fraction of sp³-hybridized carbons (Fsp3) is 0.240. The van der Waals surface area contributed by atoms with Crippen molar-refractivity contribution in [3.05, 3.63) is 72.3 Å². The molecule has 0 radical (unpaired) electrons. The molecule has 0 aliphatic carbocycles. The van der Waals surface area contributed by atoms with Crippen LogP contribution in [-0.4, -0.2) is 44.1 Å². The Morgan fingerprint density at radius 2 is 1.54 bits per heavy atom. The van der Waals surface area contributed by atoms with Crippen LogP contribution in [0.15, 0.2) is 66.7 Å². The average molecular weight is 370 g/mol. The molecule has 0 spiro atoms. The summed E-state index contributed by atoms with van der Waals surface area (Å²) in [6, 6.07) is 23.8. The molecule has 0 unspecified atom stereocenters. The molecule has 4 aromatic rings. The summed E-state index contributed by atoms with van der Waals surface area (Å²) < 4.78 is 0. The molecular formula is C25H27N3. The quantitative estimate of drug-likeness (QED) is 0.472. The zero-order valence-electron chi connectivity index (χ0n) is 17.1. The Kier molecular flexibility index (Phi) is 5.01. The van der Waals surface area contributed by atoms with Gasteiger partial charge < -0.3 is 9.80 Å². The molecule has 3 aromatic carbocycles. The topological polar surface area (TPSA) is 19.4 Å². The van der Waals surface area contributed by atoms with Crippen LogP contribution >= 0.6 is 0 Å². The third kappa shape index (κ3) is 3.58. The van der Waals surface area contributed by atoms with Crippen LogP contribution in [0, 0.1) is 6.92 Å². The summed E-state index contributed by atoms with van der Waals surface area (Å²) in [6.45, 7) is 4.06. The van der Waals surface area contributed by atoms with Crippen molar-refractivity contribution >= 4 is 27.4 Å². The summed E-state index contributed by atoms with van der Waals surface area (Å²) in [5.74, 6) is 1.05. The van der Waals surface area contributed by atoms with E-state index in [0.717, 1.165) is 24.6 Å². The molecule has 0 amide bonds. The van der Waals surface area contributed by atoms with Crippen molar-refractivity contribution in [2.75, 3.05) is 39.1 Å². The number of aryl methyl sites for hydroxylation is 1. The van der Waals surface area contributed by atoms with Crippen LogP contribution in [0.4, 0.5) is 5.82 Å². The Morgan fingerprint density at radius 3 is 2.36 bits per heavy atom. The lowest BCUT2D eigenvalue weighted by atomic mass is 9.99. The number of benzene rings is 3. The molecule has 28 heavy (non-hydrogen) atoms. The first kappa shape index (κ1) is 18.5. The van der Waals surface area contributed by atoms with Crippen molar-refractivity contribution in [1.29, 1.82) is 0 Å². The van der Waals surface area contributed by atoms with Crippen molar-refractivity contribution in [3.8, 4) is 11.3 Å². The summed E-state index contributed by atoms with van der Waals surface area (Å²) in [7, 11) is 6.35. The number of hydrogen-bond acceptors (Lipinski definition) is 3. The van der Waals surface area contributed by atoms with Crippen LogP contribution in [0.2, 0.25) is 0 Å². The Morgan fingerprint density at radius 1 is 0.750 bits per heavy atom. The maximum atomic E-state index is 5.15. The molecule has 142 valence electrons. The highest BCUT2D eigenvalue weighted by molar-refractivity contribution is 6.00. The zero-order chi connectivity index (χ0) is 19.7. The minimum atomic E-state index is 0.933. The summed E-state index contributed by atoms with van der Waals surface area (Å²) in [4.78, 5) is 9.63. The van der Waals surface area contributed by atoms with Gasteiger partial charge in [-0.2, -0.15) is 0 Å². The van der Waals surface area contributed by atoms with E-state index >= 15 is 0 Å². The smallest absolute Gasteiger partial charge is 0.136 e. The summed E-state index contributed by atoms with van der Waals surface area (Å²) in [5.41, 5.74) is 3.47. The highest BCUT2D eigenvalue weighted by atomic mass is 15.2. The molecule has 4 rings (SSSR count). The third-order valence-corrected chi connectivity index (χ3v) is 5.28. The molecule has 0 bridgehead atoms. The third-order valence-electron chi connectivity index (χ3n) is 5.28. The van der Waals surface area contributed by atoms with Gasteiger partial charge in [0.25, 0.3) is 0 Å². The van der Waals surface area contributed by atoms with E-state index in [1.807, 2.05) is 0 Å². The van der Waals surface area contributed by atoms with Gasteiger partial charge in [0.2, 0.25) is 0 Å². The fourth-order valence-electron chi connectivity index (χ4n) is 3.68. The van der Waals surface area contributed by atoms with Gasteiger partial charge in [0.1, 0.15) is 5.82 Å². The van der Waals surface area contributed by atoms with E-state index in [1.165, 1.54) is 32.7 Å². The number of aromatic nitrogens is 1. The van der Waals surface area contributed by atoms with E-state index in [0.29, 0.717) is 0 Å². The van der Waals surface area contributed by atoms with Gasteiger partial charge in [-0.25, -0.2) is 4.98 Å². The molecule has 1 heterocycles. The lowest BCUT2D eigenvalue weighted by molar-refractivity contribution is 0.416. The normalized spacial score (nSPS) is 11.5.